The molecule has 2 aromatic rings. The van der Waals surface area contributed by atoms with Gasteiger partial charge in [-0.25, -0.2) is 4.99 Å². The number of likely N-dealkylation sites (tertiary alicyclic amines) is 1. The average molecular weight is 295 g/mol. The number of aliphatic imine (C=N–C) groups is 1. The van der Waals surface area contributed by atoms with Gasteiger partial charge in [-0.3, -0.25) is 4.98 Å². The highest BCUT2D eigenvalue weighted by Gasteiger charge is 2.30. The largest absolute Gasteiger partial charge is 0.359 e. The summed E-state index contributed by atoms with van der Waals surface area (Å²) in [5.41, 5.74) is 2.47. The fourth-order valence-electron chi connectivity index (χ4n) is 2.91. The van der Waals surface area contributed by atoms with E-state index in [9.17, 15) is 0 Å². The highest BCUT2D eigenvalue weighted by Crippen LogP contribution is 2.37. The second-order valence-electron chi connectivity index (χ2n) is 5.50. The number of allylic oxidation sites excluding steroid dienone is 1. The van der Waals surface area contributed by atoms with Crippen molar-refractivity contribution < 1.29 is 0 Å². The molecule has 1 unspecified atom stereocenters. The van der Waals surface area contributed by atoms with Gasteiger partial charge in [-0.15, -0.1) is 11.3 Å². The van der Waals surface area contributed by atoms with Crippen LogP contribution in [-0.4, -0.2) is 28.8 Å². The number of hydrogen-bond acceptors (Lipinski definition) is 4. The van der Waals surface area contributed by atoms with E-state index in [2.05, 4.69) is 33.5 Å². The second kappa shape index (κ2) is 5.45. The SMILES string of the molecule is C1=C(c2cccnc2)CC(c2cccs2)C(N2CCC2)=N1. The maximum atomic E-state index is 4.81. The zero-order chi connectivity index (χ0) is 14.1. The van der Waals surface area contributed by atoms with Gasteiger partial charge >= 0.3 is 0 Å². The molecule has 0 saturated carbocycles. The van der Waals surface area contributed by atoms with Crippen molar-refractivity contribution in [2.45, 2.75) is 18.8 Å². The molecule has 0 bridgehead atoms. The Bertz CT molecular complexity index is 669. The monoisotopic (exact) mass is 295 g/mol. The van der Waals surface area contributed by atoms with Gasteiger partial charge in [0.05, 0.1) is 5.92 Å². The minimum atomic E-state index is 0.394. The molecule has 4 rings (SSSR count). The third-order valence-corrected chi connectivity index (χ3v) is 5.17. The lowest BCUT2D eigenvalue weighted by molar-refractivity contribution is 0.290. The van der Waals surface area contributed by atoms with Crippen LogP contribution in [0.1, 0.15) is 29.2 Å². The Morgan fingerprint density at radius 1 is 1.19 bits per heavy atom. The quantitative estimate of drug-likeness (QED) is 0.843. The highest BCUT2D eigenvalue weighted by atomic mass is 32.1. The molecule has 106 valence electrons. The first kappa shape index (κ1) is 12.8. The van der Waals surface area contributed by atoms with Crippen LogP contribution in [0, 0.1) is 0 Å². The molecule has 2 aliphatic rings. The van der Waals surface area contributed by atoms with Crippen molar-refractivity contribution in [1.82, 2.24) is 9.88 Å². The van der Waals surface area contributed by atoms with E-state index in [0.717, 1.165) is 19.5 Å². The Morgan fingerprint density at radius 3 is 2.81 bits per heavy atom. The molecule has 4 heterocycles. The van der Waals surface area contributed by atoms with E-state index in [0.29, 0.717) is 5.92 Å². The standard InChI is InChI=1S/C17H17N3S/c1-4-13(11-18-6-1)14-10-15(16-5-2-9-21-16)17(19-12-14)20-7-3-8-20/h1-2,4-6,9,11-12,15H,3,7-8,10H2. The summed E-state index contributed by atoms with van der Waals surface area (Å²) in [7, 11) is 0. The predicted molar refractivity (Wildman–Crippen MR) is 87.5 cm³/mol. The van der Waals surface area contributed by atoms with Crippen molar-refractivity contribution in [3.8, 4) is 0 Å². The van der Waals surface area contributed by atoms with Gasteiger partial charge in [0.2, 0.25) is 0 Å². The van der Waals surface area contributed by atoms with E-state index in [1.807, 2.05) is 36.0 Å². The summed E-state index contributed by atoms with van der Waals surface area (Å²) in [4.78, 5) is 12.9. The fourth-order valence-corrected chi connectivity index (χ4v) is 3.73. The number of pyridine rings is 1. The van der Waals surface area contributed by atoms with Crippen molar-refractivity contribution >= 4 is 22.7 Å². The van der Waals surface area contributed by atoms with E-state index in [1.54, 1.807) is 0 Å². The van der Waals surface area contributed by atoms with E-state index in [1.165, 1.54) is 28.3 Å². The fraction of sp³-hybridized carbons (Fsp3) is 0.294. The lowest BCUT2D eigenvalue weighted by Gasteiger charge is -2.38. The number of thiophene rings is 1. The van der Waals surface area contributed by atoms with Gasteiger partial charge in [0.15, 0.2) is 0 Å². The van der Waals surface area contributed by atoms with Crippen molar-refractivity contribution in [3.05, 3.63) is 58.7 Å². The Balaban J connectivity index is 1.70. The van der Waals surface area contributed by atoms with Crippen LogP contribution in [-0.2, 0) is 0 Å². The first-order valence-corrected chi connectivity index (χ1v) is 8.25. The molecule has 1 atom stereocenters. The second-order valence-corrected chi connectivity index (χ2v) is 6.48. The highest BCUT2D eigenvalue weighted by molar-refractivity contribution is 7.10. The van der Waals surface area contributed by atoms with E-state index in [-0.39, 0.29) is 0 Å². The molecule has 0 aromatic carbocycles. The third-order valence-electron chi connectivity index (χ3n) is 4.19. The van der Waals surface area contributed by atoms with Crippen LogP contribution in [0.5, 0.6) is 0 Å². The Kier molecular flexibility index (Phi) is 3.31. The maximum absolute atomic E-state index is 4.81. The van der Waals surface area contributed by atoms with Gasteiger partial charge in [-0.05, 0) is 41.5 Å². The summed E-state index contributed by atoms with van der Waals surface area (Å²) >= 11 is 1.83. The number of hydrogen-bond donors (Lipinski definition) is 0. The molecule has 0 N–H and O–H groups in total. The van der Waals surface area contributed by atoms with Gasteiger partial charge in [0, 0.05) is 36.6 Å². The Morgan fingerprint density at radius 2 is 2.14 bits per heavy atom. The first-order valence-electron chi connectivity index (χ1n) is 7.37. The zero-order valence-corrected chi connectivity index (χ0v) is 12.6. The molecule has 1 fully saturated rings. The molecule has 2 aliphatic heterocycles. The lowest BCUT2D eigenvalue weighted by Crippen LogP contribution is -2.45. The summed E-state index contributed by atoms with van der Waals surface area (Å²) in [5, 5.41) is 2.16. The number of aromatic nitrogens is 1. The molecule has 0 amide bonds. The molecule has 4 heteroatoms. The molecule has 0 spiro atoms. The molecule has 3 nitrogen and oxygen atoms in total. The summed E-state index contributed by atoms with van der Waals surface area (Å²) < 4.78 is 0. The zero-order valence-electron chi connectivity index (χ0n) is 11.8. The number of nitrogens with zero attached hydrogens (tertiary/aromatic N) is 3. The summed E-state index contributed by atoms with van der Waals surface area (Å²) in [6, 6.07) is 8.48. The van der Waals surface area contributed by atoms with Gasteiger partial charge in [0.1, 0.15) is 5.84 Å². The van der Waals surface area contributed by atoms with E-state index < -0.39 is 0 Å². The van der Waals surface area contributed by atoms with Crippen LogP contribution < -0.4 is 0 Å². The normalized spacial score (nSPS) is 21.5. The van der Waals surface area contributed by atoms with Crippen LogP contribution in [0.15, 0.2) is 53.2 Å². The van der Waals surface area contributed by atoms with Crippen LogP contribution in [0.3, 0.4) is 0 Å². The van der Waals surface area contributed by atoms with Gasteiger partial charge in [-0.1, -0.05) is 12.1 Å². The molecule has 21 heavy (non-hydrogen) atoms. The number of amidine groups is 1. The number of rotatable bonds is 2. The smallest absolute Gasteiger partial charge is 0.113 e. The lowest BCUT2D eigenvalue weighted by atomic mass is 9.90. The van der Waals surface area contributed by atoms with Crippen molar-refractivity contribution in [2.24, 2.45) is 4.99 Å². The molecule has 0 aliphatic carbocycles. The van der Waals surface area contributed by atoms with Crippen LogP contribution in [0.4, 0.5) is 0 Å². The molecular formula is C17H17N3S. The molecule has 2 aromatic heterocycles. The minimum absolute atomic E-state index is 0.394. The predicted octanol–water partition coefficient (Wildman–Crippen LogP) is 3.78. The summed E-state index contributed by atoms with van der Waals surface area (Å²) in [6.45, 7) is 2.30. The van der Waals surface area contributed by atoms with Crippen LogP contribution in [0.25, 0.3) is 5.57 Å². The molecule has 1 saturated heterocycles. The summed E-state index contributed by atoms with van der Waals surface area (Å²) in [6.07, 6.45) is 8.09. The van der Waals surface area contributed by atoms with Gasteiger partial charge in [0.25, 0.3) is 0 Å². The average Bonchev–Trinajstić information content (AvgIpc) is 3.01. The Hall–Kier alpha value is -1.94. The topological polar surface area (TPSA) is 28.5 Å². The molecular weight excluding hydrogens is 278 g/mol. The van der Waals surface area contributed by atoms with Crippen molar-refractivity contribution in [1.29, 1.82) is 0 Å². The minimum Gasteiger partial charge on any atom is -0.359 e. The third kappa shape index (κ3) is 2.40. The van der Waals surface area contributed by atoms with Crippen molar-refractivity contribution in [3.63, 3.8) is 0 Å². The van der Waals surface area contributed by atoms with E-state index in [4.69, 9.17) is 4.99 Å². The molecule has 0 radical (unpaired) electrons. The van der Waals surface area contributed by atoms with Gasteiger partial charge in [-0.2, -0.15) is 0 Å². The Labute approximate surface area is 128 Å². The van der Waals surface area contributed by atoms with Crippen molar-refractivity contribution in [2.75, 3.05) is 13.1 Å². The summed E-state index contributed by atoms with van der Waals surface area (Å²) in [5.74, 6) is 1.64. The maximum Gasteiger partial charge on any atom is 0.113 e. The van der Waals surface area contributed by atoms with Crippen LogP contribution >= 0.6 is 11.3 Å². The van der Waals surface area contributed by atoms with E-state index >= 15 is 0 Å². The van der Waals surface area contributed by atoms with Crippen LogP contribution in [0.2, 0.25) is 0 Å². The first-order chi connectivity index (χ1) is 10.4. The van der Waals surface area contributed by atoms with Gasteiger partial charge < -0.3 is 4.90 Å².